The van der Waals surface area contributed by atoms with Crippen LogP contribution < -0.4 is 15.0 Å². The number of hydrogen-bond donors (Lipinski definition) is 3. The molecule has 3 N–H and O–H groups in total. The lowest BCUT2D eigenvalue weighted by Gasteiger charge is -2.33. The summed E-state index contributed by atoms with van der Waals surface area (Å²) in [6.07, 6.45) is 1.15. The lowest BCUT2D eigenvalue weighted by molar-refractivity contribution is -0.133. The number of allylic oxidation sites excluding steroid dienone is 1. The van der Waals surface area contributed by atoms with Gasteiger partial charge in [0.15, 0.2) is 6.10 Å². The summed E-state index contributed by atoms with van der Waals surface area (Å²) >= 11 is 0. The van der Waals surface area contributed by atoms with Crippen LogP contribution in [0.5, 0.6) is 11.5 Å². The molecule has 3 aromatic carbocycles. The normalized spacial score (nSPS) is 15.2. The van der Waals surface area contributed by atoms with Gasteiger partial charge < -0.3 is 30.1 Å². The Kier molecular flexibility index (Phi) is 12.2. The number of aryl methyl sites for hydroxylation is 2. The third-order valence-corrected chi connectivity index (χ3v) is 6.61. The average Bonchev–Trinajstić information content (AvgIpc) is 2.95. The van der Waals surface area contributed by atoms with E-state index < -0.39 is 18.1 Å². The number of aliphatic hydroxyl groups excluding tert-OH is 2. The molecule has 1 aliphatic rings. The molecule has 0 spiro atoms. The Balaban J connectivity index is 0.000000281. The van der Waals surface area contributed by atoms with Gasteiger partial charge in [-0.15, -0.1) is 0 Å². The minimum absolute atomic E-state index is 0.254. The zero-order chi connectivity index (χ0) is 28.9. The molecule has 4 rings (SSSR count). The van der Waals surface area contributed by atoms with E-state index in [1.807, 2.05) is 57.2 Å². The number of piperazine rings is 1. The number of amides is 1. The Morgan fingerprint density at radius 1 is 0.925 bits per heavy atom. The van der Waals surface area contributed by atoms with Gasteiger partial charge in [0.25, 0.3) is 5.91 Å². The van der Waals surface area contributed by atoms with E-state index in [0.717, 1.165) is 42.0 Å². The summed E-state index contributed by atoms with van der Waals surface area (Å²) < 4.78 is 5.86. The van der Waals surface area contributed by atoms with Gasteiger partial charge in [-0.3, -0.25) is 4.79 Å². The van der Waals surface area contributed by atoms with Gasteiger partial charge >= 0.3 is 0 Å². The number of carbonyl (C=O) groups excluding carboxylic acids is 1. The molecule has 0 radical (unpaired) electrons. The van der Waals surface area contributed by atoms with Crippen molar-refractivity contribution in [1.29, 1.82) is 0 Å². The minimum atomic E-state index is -1.49. The molecule has 40 heavy (non-hydrogen) atoms. The van der Waals surface area contributed by atoms with Gasteiger partial charge in [0.05, 0.1) is 0 Å². The minimum Gasteiger partial charge on any atom is -0.457 e. The standard InChI is InChI=1S/C22H27NO4.C11H16N2/c1-4-5-6-20(24)21(25)22(26)23-14-17-7-9-18(10-8-17)27-19-12-15(2)11-16(3)13-19;1-12-7-9-13(10-8-12)11-5-3-2-4-6-11/h5-13,20-21,24-25H,4,14H2,1-3H3,(H,23,26);2-6H,7-10H2,1H3/b6-5+;. The zero-order valence-electron chi connectivity index (χ0n) is 24.1. The molecule has 0 aliphatic carbocycles. The van der Waals surface area contributed by atoms with Gasteiger partial charge in [-0.25, -0.2) is 0 Å². The summed E-state index contributed by atoms with van der Waals surface area (Å²) in [4.78, 5) is 16.7. The maximum absolute atomic E-state index is 11.9. The Bertz CT molecular complexity index is 1190. The van der Waals surface area contributed by atoms with E-state index in [0.29, 0.717) is 5.75 Å². The fourth-order valence-corrected chi connectivity index (χ4v) is 4.34. The number of nitrogens with one attached hydrogen (secondary N) is 1. The fraction of sp³-hybridized carbons (Fsp3) is 0.364. The van der Waals surface area contributed by atoms with Crippen molar-refractivity contribution in [3.05, 3.63) is 102 Å². The van der Waals surface area contributed by atoms with E-state index in [4.69, 9.17) is 4.74 Å². The van der Waals surface area contributed by atoms with Gasteiger partial charge in [-0.05, 0) is 80.4 Å². The van der Waals surface area contributed by atoms with Gasteiger partial charge in [0, 0.05) is 38.4 Å². The third-order valence-electron chi connectivity index (χ3n) is 6.61. The van der Waals surface area contributed by atoms with E-state index >= 15 is 0 Å². The molecule has 1 amide bonds. The van der Waals surface area contributed by atoms with Crippen molar-refractivity contribution >= 4 is 11.6 Å². The Hall–Kier alpha value is -3.65. The number of benzene rings is 3. The average molecular weight is 546 g/mol. The van der Waals surface area contributed by atoms with Gasteiger partial charge in [0.2, 0.25) is 0 Å². The molecule has 3 aromatic rings. The van der Waals surface area contributed by atoms with Crippen molar-refractivity contribution in [3.63, 3.8) is 0 Å². The third kappa shape index (κ3) is 10.2. The van der Waals surface area contributed by atoms with Crippen molar-refractivity contribution in [2.45, 2.75) is 45.9 Å². The number of anilines is 1. The predicted molar refractivity (Wildman–Crippen MR) is 162 cm³/mol. The number of ether oxygens (including phenoxy) is 1. The van der Waals surface area contributed by atoms with Crippen LogP contribution in [0, 0.1) is 13.8 Å². The molecule has 214 valence electrons. The number of rotatable bonds is 9. The Morgan fingerprint density at radius 3 is 2.15 bits per heavy atom. The van der Waals surface area contributed by atoms with E-state index in [1.165, 1.54) is 24.9 Å². The van der Waals surface area contributed by atoms with Crippen molar-refractivity contribution in [1.82, 2.24) is 10.2 Å². The summed E-state index contributed by atoms with van der Waals surface area (Å²) in [5, 5.41) is 22.1. The first-order valence-corrected chi connectivity index (χ1v) is 13.9. The number of carbonyl (C=O) groups is 1. The molecule has 0 aromatic heterocycles. The second kappa shape index (κ2) is 15.8. The van der Waals surface area contributed by atoms with Crippen molar-refractivity contribution < 1.29 is 19.7 Å². The SMILES string of the molecule is CC/C=C/C(O)C(O)C(=O)NCc1ccc(Oc2cc(C)cc(C)c2)cc1.CN1CCN(c2ccccc2)CC1. The highest BCUT2D eigenvalue weighted by molar-refractivity contribution is 5.81. The molecule has 1 saturated heterocycles. The highest BCUT2D eigenvalue weighted by Gasteiger charge is 2.21. The fourth-order valence-electron chi connectivity index (χ4n) is 4.34. The zero-order valence-corrected chi connectivity index (χ0v) is 24.1. The number of hydrogen-bond acceptors (Lipinski definition) is 6. The summed E-state index contributed by atoms with van der Waals surface area (Å²) in [7, 11) is 2.18. The van der Waals surface area contributed by atoms with E-state index in [1.54, 1.807) is 6.08 Å². The Labute approximate surface area is 238 Å². The summed E-state index contributed by atoms with van der Waals surface area (Å²) in [6, 6.07) is 24.0. The number of likely N-dealkylation sites (N-methyl/N-ethyl adjacent to an activating group) is 1. The van der Waals surface area contributed by atoms with Crippen LogP contribution >= 0.6 is 0 Å². The van der Waals surface area contributed by atoms with Gasteiger partial charge in [0.1, 0.15) is 17.6 Å². The first kappa shape index (κ1) is 30.9. The first-order valence-electron chi connectivity index (χ1n) is 13.9. The smallest absolute Gasteiger partial charge is 0.252 e. The van der Waals surface area contributed by atoms with E-state index in [2.05, 4.69) is 58.6 Å². The van der Waals surface area contributed by atoms with Crippen LogP contribution in [0.3, 0.4) is 0 Å². The van der Waals surface area contributed by atoms with Crippen LogP contribution in [0.15, 0.2) is 84.9 Å². The number of nitrogens with zero attached hydrogens (tertiary/aromatic N) is 2. The van der Waals surface area contributed by atoms with Crippen molar-refractivity contribution in [2.75, 3.05) is 38.1 Å². The van der Waals surface area contributed by atoms with Crippen LogP contribution in [-0.4, -0.2) is 66.5 Å². The van der Waals surface area contributed by atoms with Crippen LogP contribution in [0.2, 0.25) is 0 Å². The molecule has 1 heterocycles. The lowest BCUT2D eigenvalue weighted by atomic mass is 10.1. The lowest BCUT2D eigenvalue weighted by Crippen LogP contribution is -2.44. The second-order valence-corrected chi connectivity index (χ2v) is 10.2. The molecular formula is C33H43N3O4. The molecule has 7 heteroatoms. The van der Waals surface area contributed by atoms with E-state index in [9.17, 15) is 15.0 Å². The predicted octanol–water partition coefficient (Wildman–Crippen LogP) is 4.84. The monoisotopic (exact) mass is 545 g/mol. The van der Waals surface area contributed by atoms with Crippen molar-refractivity contribution in [2.24, 2.45) is 0 Å². The second-order valence-electron chi connectivity index (χ2n) is 10.2. The molecule has 1 aliphatic heterocycles. The quantitative estimate of drug-likeness (QED) is 0.334. The van der Waals surface area contributed by atoms with Gasteiger partial charge in [-0.1, -0.05) is 55.5 Å². The molecule has 2 atom stereocenters. The maximum atomic E-state index is 11.9. The number of aliphatic hydroxyl groups is 2. The topological polar surface area (TPSA) is 85.3 Å². The molecular weight excluding hydrogens is 502 g/mol. The van der Waals surface area contributed by atoms with Crippen LogP contribution in [-0.2, 0) is 11.3 Å². The van der Waals surface area contributed by atoms with Crippen LogP contribution in [0.4, 0.5) is 5.69 Å². The first-order chi connectivity index (χ1) is 19.2. The highest BCUT2D eigenvalue weighted by atomic mass is 16.5. The van der Waals surface area contributed by atoms with Crippen LogP contribution in [0.25, 0.3) is 0 Å². The number of para-hydroxylation sites is 1. The van der Waals surface area contributed by atoms with Gasteiger partial charge in [-0.2, -0.15) is 0 Å². The summed E-state index contributed by atoms with van der Waals surface area (Å²) in [5.74, 6) is 0.875. The summed E-state index contributed by atoms with van der Waals surface area (Å²) in [6.45, 7) is 10.9. The molecule has 1 fully saturated rings. The molecule has 0 bridgehead atoms. The molecule has 7 nitrogen and oxygen atoms in total. The maximum Gasteiger partial charge on any atom is 0.252 e. The van der Waals surface area contributed by atoms with Crippen molar-refractivity contribution in [3.8, 4) is 11.5 Å². The Morgan fingerprint density at radius 2 is 1.55 bits per heavy atom. The van der Waals surface area contributed by atoms with E-state index in [-0.39, 0.29) is 6.54 Å². The molecule has 2 unspecified atom stereocenters. The highest BCUT2D eigenvalue weighted by Crippen LogP contribution is 2.24. The molecule has 0 saturated carbocycles. The largest absolute Gasteiger partial charge is 0.457 e. The van der Waals surface area contributed by atoms with Crippen LogP contribution in [0.1, 0.15) is 30.0 Å². The summed E-state index contributed by atoms with van der Waals surface area (Å²) in [5.41, 5.74) is 4.50.